The molecule has 6 aromatic carbocycles. The van der Waals surface area contributed by atoms with Gasteiger partial charge in [0.2, 0.25) is 0 Å². The van der Waals surface area contributed by atoms with Crippen LogP contribution in [0.3, 0.4) is 0 Å². The molecule has 0 aliphatic heterocycles. The average molecular weight is 485 g/mol. The SMILES string of the molecule is Brc1ccc(-c2c3ccccc3c(-c3ccccc3)c3cc(-c4ccccc4)ccc23)cc1. The van der Waals surface area contributed by atoms with Gasteiger partial charge < -0.3 is 0 Å². The van der Waals surface area contributed by atoms with Gasteiger partial charge in [-0.15, -0.1) is 0 Å². The molecule has 0 atom stereocenters. The Kier molecular flexibility index (Phi) is 5.05. The Hall–Kier alpha value is -3.68. The first-order chi connectivity index (χ1) is 16.3. The fraction of sp³-hybridized carbons (Fsp3) is 0. The van der Waals surface area contributed by atoms with E-state index in [2.05, 4.69) is 143 Å². The van der Waals surface area contributed by atoms with Gasteiger partial charge in [0, 0.05) is 4.47 Å². The maximum absolute atomic E-state index is 3.60. The fourth-order valence-corrected chi connectivity index (χ4v) is 5.10. The molecule has 0 aromatic heterocycles. The molecule has 6 aromatic rings. The first kappa shape index (κ1) is 20.0. The van der Waals surface area contributed by atoms with Crippen LogP contribution in [0.4, 0.5) is 0 Å². The van der Waals surface area contributed by atoms with Crippen molar-refractivity contribution >= 4 is 37.5 Å². The van der Waals surface area contributed by atoms with Crippen LogP contribution in [0.1, 0.15) is 0 Å². The van der Waals surface area contributed by atoms with E-state index in [1.54, 1.807) is 0 Å². The summed E-state index contributed by atoms with van der Waals surface area (Å²) < 4.78 is 1.09. The molecule has 0 unspecified atom stereocenters. The predicted molar refractivity (Wildman–Crippen MR) is 145 cm³/mol. The molecule has 0 radical (unpaired) electrons. The molecule has 0 N–H and O–H groups in total. The molecule has 0 fully saturated rings. The fourth-order valence-electron chi connectivity index (χ4n) is 4.83. The lowest BCUT2D eigenvalue weighted by atomic mass is 9.85. The highest BCUT2D eigenvalue weighted by atomic mass is 79.9. The summed E-state index contributed by atoms with van der Waals surface area (Å²) in [4.78, 5) is 0. The van der Waals surface area contributed by atoms with Crippen molar-refractivity contribution in [1.82, 2.24) is 0 Å². The maximum Gasteiger partial charge on any atom is 0.0175 e. The van der Waals surface area contributed by atoms with Crippen molar-refractivity contribution in [3.8, 4) is 33.4 Å². The maximum atomic E-state index is 3.60. The summed E-state index contributed by atoms with van der Waals surface area (Å²) >= 11 is 3.60. The zero-order valence-electron chi connectivity index (χ0n) is 18.0. The van der Waals surface area contributed by atoms with E-state index in [1.165, 1.54) is 54.9 Å². The highest BCUT2D eigenvalue weighted by molar-refractivity contribution is 9.10. The minimum absolute atomic E-state index is 1.09. The van der Waals surface area contributed by atoms with Gasteiger partial charge in [-0.1, -0.05) is 125 Å². The quantitative estimate of drug-likeness (QED) is 0.219. The highest BCUT2D eigenvalue weighted by Gasteiger charge is 2.17. The lowest BCUT2D eigenvalue weighted by Crippen LogP contribution is -1.91. The summed E-state index contributed by atoms with van der Waals surface area (Å²) in [5, 5.41) is 5.10. The summed E-state index contributed by atoms with van der Waals surface area (Å²) in [6.07, 6.45) is 0. The Balaban J connectivity index is 1.78. The van der Waals surface area contributed by atoms with Crippen molar-refractivity contribution < 1.29 is 0 Å². The molecule has 0 heterocycles. The monoisotopic (exact) mass is 484 g/mol. The van der Waals surface area contributed by atoms with Crippen LogP contribution in [0.25, 0.3) is 54.9 Å². The largest absolute Gasteiger partial charge is 0.0622 e. The van der Waals surface area contributed by atoms with E-state index < -0.39 is 0 Å². The highest BCUT2D eigenvalue weighted by Crippen LogP contribution is 2.44. The Morgan fingerprint density at radius 2 is 0.788 bits per heavy atom. The van der Waals surface area contributed by atoms with Gasteiger partial charge in [-0.2, -0.15) is 0 Å². The van der Waals surface area contributed by atoms with Crippen LogP contribution in [0.5, 0.6) is 0 Å². The molecule has 156 valence electrons. The third kappa shape index (κ3) is 3.55. The molecule has 0 amide bonds. The zero-order chi connectivity index (χ0) is 22.2. The minimum Gasteiger partial charge on any atom is -0.0622 e. The molecule has 0 aliphatic rings. The smallest absolute Gasteiger partial charge is 0.0175 e. The molecular weight excluding hydrogens is 464 g/mol. The van der Waals surface area contributed by atoms with Crippen LogP contribution in [0.15, 0.2) is 132 Å². The molecule has 0 aliphatic carbocycles. The van der Waals surface area contributed by atoms with Gasteiger partial charge in [0.1, 0.15) is 0 Å². The van der Waals surface area contributed by atoms with E-state index in [4.69, 9.17) is 0 Å². The number of rotatable bonds is 3. The van der Waals surface area contributed by atoms with E-state index in [9.17, 15) is 0 Å². The van der Waals surface area contributed by atoms with E-state index in [-0.39, 0.29) is 0 Å². The van der Waals surface area contributed by atoms with Crippen LogP contribution >= 0.6 is 15.9 Å². The molecule has 6 rings (SSSR count). The van der Waals surface area contributed by atoms with Crippen LogP contribution in [0.2, 0.25) is 0 Å². The zero-order valence-corrected chi connectivity index (χ0v) is 19.6. The van der Waals surface area contributed by atoms with Crippen molar-refractivity contribution in [3.05, 3.63) is 132 Å². The summed E-state index contributed by atoms with van der Waals surface area (Å²) in [7, 11) is 0. The molecule has 1 heteroatoms. The van der Waals surface area contributed by atoms with Crippen LogP contribution in [-0.4, -0.2) is 0 Å². The van der Waals surface area contributed by atoms with E-state index in [0.29, 0.717) is 0 Å². The van der Waals surface area contributed by atoms with Crippen molar-refractivity contribution in [2.24, 2.45) is 0 Å². The number of fused-ring (bicyclic) bond motifs is 2. The first-order valence-corrected chi connectivity index (χ1v) is 11.9. The average Bonchev–Trinajstić information content (AvgIpc) is 2.88. The predicted octanol–water partition coefficient (Wildman–Crippen LogP) is 9.76. The third-order valence-corrected chi connectivity index (χ3v) is 6.86. The summed E-state index contributed by atoms with van der Waals surface area (Å²) in [6, 6.07) is 45.8. The molecular formula is C32H21Br. The van der Waals surface area contributed by atoms with E-state index in [0.717, 1.165) is 4.47 Å². The van der Waals surface area contributed by atoms with Crippen LogP contribution in [-0.2, 0) is 0 Å². The lowest BCUT2D eigenvalue weighted by Gasteiger charge is -2.18. The second kappa shape index (κ2) is 8.35. The Bertz CT molecular complexity index is 1580. The van der Waals surface area contributed by atoms with Gasteiger partial charge >= 0.3 is 0 Å². The van der Waals surface area contributed by atoms with Gasteiger partial charge in [-0.05, 0) is 73.1 Å². The molecule has 0 spiro atoms. The van der Waals surface area contributed by atoms with Crippen molar-refractivity contribution in [2.75, 3.05) is 0 Å². The Labute approximate surface area is 202 Å². The molecule has 0 saturated heterocycles. The van der Waals surface area contributed by atoms with Crippen molar-refractivity contribution in [3.63, 3.8) is 0 Å². The van der Waals surface area contributed by atoms with E-state index >= 15 is 0 Å². The number of halogens is 1. The van der Waals surface area contributed by atoms with Crippen molar-refractivity contribution in [2.45, 2.75) is 0 Å². The van der Waals surface area contributed by atoms with Crippen molar-refractivity contribution in [1.29, 1.82) is 0 Å². The Morgan fingerprint density at radius 3 is 1.42 bits per heavy atom. The summed E-state index contributed by atoms with van der Waals surface area (Å²) in [6.45, 7) is 0. The van der Waals surface area contributed by atoms with Gasteiger partial charge in [0.15, 0.2) is 0 Å². The lowest BCUT2D eigenvalue weighted by molar-refractivity contribution is 1.62. The summed E-state index contributed by atoms with van der Waals surface area (Å²) in [5.41, 5.74) is 7.51. The molecule has 0 bridgehead atoms. The third-order valence-electron chi connectivity index (χ3n) is 6.33. The van der Waals surface area contributed by atoms with Gasteiger partial charge in [0.05, 0.1) is 0 Å². The molecule has 0 nitrogen and oxygen atoms in total. The number of hydrogen-bond acceptors (Lipinski definition) is 0. The standard InChI is InChI=1S/C32H21Br/c33-26-18-15-24(16-19-26)31-27-13-7-8-14-28(27)32(23-11-5-2-6-12-23)30-21-25(17-20-29(30)31)22-9-3-1-4-10-22/h1-21H. The van der Waals surface area contributed by atoms with Gasteiger partial charge in [0.25, 0.3) is 0 Å². The van der Waals surface area contributed by atoms with Crippen LogP contribution in [0, 0.1) is 0 Å². The first-order valence-electron chi connectivity index (χ1n) is 11.1. The summed E-state index contributed by atoms with van der Waals surface area (Å²) in [5.74, 6) is 0. The minimum atomic E-state index is 1.09. The van der Waals surface area contributed by atoms with Gasteiger partial charge in [-0.25, -0.2) is 0 Å². The van der Waals surface area contributed by atoms with E-state index in [1.807, 2.05) is 0 Å². The van der Waals surface area contributed by atoms with Gasteiger partial charge in [-0.3, -0.25) is 0 Å². The Morgan fingerprint density at radius 1 is 0.333 bits per heavy atom. The molecule has 0 saturated carbocycles. The van der Waals surface area contributed by atoms with Crippen LogP contribution < -0.4 is 0 Å². The number of benzene rings is 6. The topological polar surface area (TPSA) is 0 Å². The second-order valence-electron chi connectivity index (χ2n) is 8.29. The number of hydrogen-bond donors (Lipinski definition) is 0. The normalized spacial score (nSPS) is 11.2. The molecule has 33 heavy (non-hydrogen) atoms. The second-order valence-corrected chi connectivity index (χ2v) is 9.21.